The molecule has 3 aromatic carbocycles. The van der Waals surface area contributed by atoms with Crippen LogP contribution >= 0.6 is 15.9 Å². The molecule has 0 radical (unpaired) electrons. The fraction of sp³-hybridized carbons (Fsp3) is 0.233. The van der Waals surface area contributed by atoms with E-state index in [4.69, 9.17) is 14.2 Å². The number of nitriles is 1. The van der Waals surface area contributed by atoms with Crippen molar-refractivity contribution in [3.63, 3.8) is 0 Å². The molecular formula is C30H25BrN2O5. The molecular weight excluding hydrogens is 548 g/mol. The molecule has 1 saturated heterocycles. The molecule has 7 nitrogen and oxygen atoms in total. The van der Waals surface area contributed by atoms with Crippen LogP contribution in [0.5, 0.6) is 11.5 Å². The Hall–Kier alpha value is -4.09. The number of carbonyl (C=O) groups excluding carboxylic acids is 2. The number of rotatable bonds is 6. The van der Waals surface area contributed by atoms with Crippen LogP contribution in [0.2, 0.25) is 0 Å². The van der Waals surface area contributed by atoms with Crippen LogP contribution in [0, 0.1) is 16.7 Å². The Morgan fingerprint density at radius 2 is 1.74 bits per heavy atom. The molecule has 0 saturated carbocycles. The van der Waals surface area contributed by atoms with Crippen molar-refractivity contribution in [1.29, 1.82) is 5.26 Å². The van der Waals surface area contributed by atoms with Gasteiger partial charge in [0.25, 0.3) is 0 Å². The Labute approximate surface area is 229 Å². The number of benzene rings is 3. The van der Waals surface area contributed by atoms with E-state index in [2.05, 4.69) is 22.0 Å². The zero-order valence-electron chi connectivity index (χ0n) is 21.1. The van der Waals surface area contributed by atoms with Crippen LogP contribution in [0.3, 0.4) is 0 Å². The molecule has 8 heteroatoms. The topological polar surface area (TPSA) is 88.9 Å². The summed E-state index contributed by atoms with van der Waals surface area (Å²) in [5.74, 6) is -0.557. The minimum Gasteiger partial charge on any atom is -0.497 e. The molecule has 1 fully saturated rings. The number of hydrogen-bond acceptors (Lipinski definition) is 7. The fourth-order valence-electron chi connectivity index (χ4n) is 5.71. The smallest absolute Gasteiger partial charge is 0.329 e. The van der Waals surface area contributed by atoms with E-state index >= 15 is 0 Å². The van der Waals surface area contributed by atoms with Gasteiger partial charge in [-0.25, -0.2) is 0 Å². The van der Waals surface area contributed by atoms with Gasteiger partial charge in [-0.05, 0) is 63.5 Å². The van der Waals surface area contributed by atoms with E-state index in [1.807, 2.05) is 41.3 Å². The van der Waals surface area contributed by atoms with Gasteiger partial charge >= 0.3 is 5.97 Å². The molecule has 0 aliphatic carbocycles. The first kappa shape index (κ1) is 25.6. The third-order valence-corrected chi connectivity index (χ3v) is 8.05. The third-order valence-electron chi connectivity index (χ3n) is 7.43. The molecule has 38 heavy (non-hydrogen) atoms. The van der Waals surface area contributed by atoms with E-state index < -0.39 is 29.4 Å². The predicted octanol–water partition coefficient (Wildman–Crippen LogP) is 5.40. The van der Waals surface area contributed by atoms with Crippen LogP contribution < -0.4 is 14.4 Å². The van der Waals surface area contributed by atoms with Crippen molar-refractivity contribution in [3.8, 4) is 17.6 Å². The number of carbonyl (C=O) groups is 2. The molecule has 2 heterocycles. The maximum absolute atomic E-state index is 14.5. The zero-order valence-corrected chi connectivity index (χ0v) is 22.6. The summed E-state index contributed by atoms with van der Waals surface area (Å²) >= 11 is 3.48. The number of ether oxygens (including phenoxy) is 3. The highest BCUT2D eigenvalue weighted by Gasteiger charge is 2.67. The van der Waals surface area contributed by atoms with Crippen molar-refractivity contribution in [2.45, 2.75) is 18.0 Å². The lowest BCUT2D eigenvalue weighted by atomic mass is 9.68. The summed E-state index contributed by atoms with van der Waals surface area (Å²) in [7, 11) is 4.39. The number of halogens is 1. The van der Waals surface area contributed by atoms with E-state index in [1.54, 1.807) is 56.7 Å². The number of fused-ring (bicyclic) bond motifs is 3. The summed E-state index contributed by atoms with van der Waals surface area (Å²) in [6, 6.07) is 20.6. The fourth-order valence-corrected chi connectivity index (χ4v) is 6.25. The monoisotopic (exact) mass is 572 g/mol. The SMILES string of the molecule is COC(=O)[C@]1(C#N)[C@H](c2ccc(OC)cc2)[C@H](C(=O)c2ccc(OC)c(Br)c2)N2c3ccccc3C=C[C@@H]21. The lowest BCUT2D eigenvalue weighted by molar-refractivity contribution is -0.150. The van der Waals surface area contributed by atoms with Crippen LogP contribution in [0.1, 0.15) is 27.4 Å². The van der Waals surface area contributed by atoms with Gasteiger partial charge in [-0.15, -0.1) is 0 Å². The number of Topliss-reactive ketones (excluding diaryl/α,β-unsaturated/α-hetero) is 1. The maximum atomic E-state index is 14.5. The summed E-state index contributed by atoms with van der Waals surface area (Å²) in [5.41, 5.74) is 1.04. The van der Waals surface area contributed by atoms with Crippen molar-refractivity contribution in [2.24, 2.45) is 5.41 Å². The molecule has 192 valence electrons. The summed E-state index contributed by atoms with van der Waals surface area (Å²) in [6.45, 7) is 0. The first-order valence-electron chi connectivity index (χ1n) is 12.0. The summed E-state index contributed by atoms with van der Waals surface area (Å²) in [4.78, 5) is 30.0. The van der Waals surface area contributed by atoms with Crippen molar-refractivity contribution < 1.29 is 23.8 Å². The number of para-hydroxylation sites is 1. The number of anilines is 1. The predicted molar refractivity (Wildman–Crippen MR) is 146 cm³/mol. The Balaban J connectivity index is 1.79. The maximum Gasteiger partial charge on any atom is 0.329 e. The summed E-state index contributed by atoms with van der Waals surface area (Å²) < 4.78 is 16.6. The van der Waals surface area contributed by atoms with Crippen LogP contribution in [0.25, 0.3) is 6.08 Å². The molecule has 0 spiro atoms. The third kappa shape index (κ3) is 3.77. The van der Waals surface area contributed by atoms with E-state index in [0.717, 1.165) is 11.3 Å². The van der Waals surface area contributed by atoms with E-state index in [1.165, 1.54) is 7.11 Å². The number of hydrogen-bond donors (Lipinski definition) is 0. The van der Waals surface area contributed by atoms with Crippen LogP contribution in [0.15, 0.2) is 77.3 Å². The van der Waals surface area contributed by atoms with E-state index in [-0.39, 0.29) is 5.78 Å². The molecule has 0 N–H and O–H groups in total. The highest BCUT2D eigenvalue weighted by molar-refractivity contribution is 9.10. The van der Waals surface area contributed by atoms with Gasteiger partial charge in [0.2, 0.25) is 0 Å². The summed E-state index contributed by atoms with van der Waals surface area (Å²) in [6.07, 6.45) is 3.73. The normalized spacial score (nSPS) is 23.1. The van der Waals surface area contributed by atoms with Gasteiger partial charge < -0.3 is 19.1 Å². The zero-order chi connectivity index (χ0) is 27.0. The number of ketones is 1. The number of methoxy groups -OCH3 is 3. The van der Waals surface area contributed by atoms with Gasteiger partial charge in [0, 0.05) is 17.2 Å². The highest BCUT2D eigenvalue weighted by atomic mass is 79.9. The second-order valence-electron chi connectivity index (χ2n) is 9.15. The minimum atomic E-state index is -1.70. The van der Waals surface area contributed by atoms with Gasteiger partial charge in [-0.3, -0.25) is 9.59 Å². The van der Waals surface area contributed by atoms with Crippen LogP contribution in [-0.4, -0.2) is 45.2 Å². The Morgan fingerprint density at radius 1 is 1.00 bits per heavy atom. The second kappa shape index (κ2) is 9.99. The first-order valence-corrected chi connectivity index (χ1v) is 12.8. The quantitative estimate of drug-likeness (QED) is 0.288. The largest absolute Gasteiger partial charge is 0.497 e. The molecule has 3 aromatic rings. The van der Waals surface area contributed by atoms with Gasteiger partial charge in [0.05, 0.1) is 37.9 Å². The summed E-state index contributed by atoms with van der Waals surface area (Å²) in [5, 5.41) is 10.7. The second-order valence-corrected chi connectivity index (χ2v) is 10.0. The molecule has 4 atom stereocenters. The Kier molecular flexibility index (Phi) is 6.72. The number of nitrogens with zero attached hydrogens (tertiary/aromatic N) is 2. The van der Waals surface area contributed by atoms with Crippen molar-refractivity contribution in [2.75, 3.05) is 26.2 Å². The van der Waals surface area contributed by atoms with Crippen molar-refractivity contribution >= 4 is 39.4 Å². The van der Waals surface area contributed by atoms with Crippen molar-refractivity contribution in [1.82, 2.24) is 0 Å². The lowest BCUT2D eigenvalue weighted by Gasteiger charge is -2.36. The molecule has 0 unspecified atom stereocenters. The average molecular weight is 573 g/mol. The standard InChI is InChI=1S/C30H25BrN2O5/c1-36-21-12-8-19(9-13-21)26-27(28(34)20-10-14-24(37-2)22(31)16-20)33-23-7-5-4-6-18(23)11-15-25(33)30(26,17-32)29(35)38-3/h4-16,25-27H,1-3H3/t25-,26-,27-,30+/m1/s1. The van der Waals surface area contributed by atoms with E-state index in [0.29, 0.717) is 27.1 Å². The minimum absolute atomic E-state index is 0.231. The molecule has 0 bridgehead atoms. The Bertz CT molecular complexity index is 1480. The van der Waals surface area contributed by atoms with E-state index in [9.17, 15) is 14.9 Å². The molecule has 2 aliphatic heterocycles. The van der Waals surface area contributed by atoms with Crippen molar-refractivity contribution in [3.05, 3.63) is 94.0 Å². The van der Waals surface area contributed by atoms with Crippen LogP contribution in [0.4, 0.5) is 5.69 Å². The van der Waals surface area contributed by atoms with Gasteiger partial charge in [0.1, 0.15) is 17.5 Å². The molecule has 0 amide bonds. The van der Waals surface area contributed by atoms with Crippen LogP contribution in [-0.2, 0) is 9.53 Å². The van der Waals surface area contributed by atoms with Gasteiger partial charge in [-0.1, -0.05) is 42.5 Å². The lowest BCUT2D eigenvalue weighted by Crippen LogP contribution is -2.46. The highest BCUT2D eigenvalue weighted by Crippen LogP contribution is 2.56. The Morgan fingerprint density at radius 3 is 2.37 bits per heavy atom. The molecule has 5 rings (SSSR count). The van der Waals surface area contributed by atoms with Gasteiger partial charge in [0.15, 0.2) is 11.2 Å². The van der Waals surface area contributed by atoms with Gasteiger partial charge in [-0.2, -0.15) is 5.26 Å². The first-order chi connectivity index (χ1) is 18.4. The molecule has 2 aliphatic rings. The average Bonchev–Trinajstić information content (AvgIpc) is 3.28. The molecule has 0 aromatic heterocycles. The number of esters is 1.